The van der Waals surface area contributed by atoms with Crippen LogP contribution in [0.3, 0.4) is 0 Å². The quantitative estimate of drug-likeness (QED) is 0.576. The highest BCUT2D eigenvalue weighted by atomic mass is 19.4. The molecule has 1 aliphatic rings. The van der Waals surface area contributed by atoms with Gasteiger partial charge in [-0.25, -0.2) is 4.79 Å². The molecule has 12 heteroatoms. The van der Waals surface area contributed by atoms with Crippen molar-refractivity contribution in [3.05, 3.63) is 59.2 Å². The smallest absolute Gasteiger partial charge is 0.430 e. The van der Waals surface area contributed by atoms with E-state index < -0.39 is 29.6 Å². The third-order valence-electron chi connectivity index (χ3n) is 5.33. The van der Waals surface area contributed by atoms with Gasteiger partial charge in [-0.3, -0.25) is 10.1 Å². The van der Waals surface area contributed by atoms with Gasteiger partial charge in [0.05, 0.1) is 13.2 Å². The number of carbonyl (C=O) groups excluding carboxylic acids is 2. The van der Waals surface area contributed by atoms with Crippen LogP contribution in [0.5, 0.6) is 0 Å². The van der Waals surface area contributed by atoms with Crippen LogP contribution in [0.15, 0.2) is 42.5 Å². The van der Waals surface area contributed by atoms with E-state index in [0.717, 1.165) is 12.1 Å². The van der Waals surface area contributed by atoms with Crippen molar-refractivity contribution in [1.82, 2.24) is 0 Å². The normalized spacial score (nSPS) is 14.6. The second-order valence-corrected chi connectivity index (χ2v) is 7.57. The van der Waals surface area contributed by atoms with Gasteiger partial charge in [0.25, 0.3) is 5.60 Å². The Bertz CT molecular complexity index is 1050. The van der Waals surface area contributed by atoms with Crippen LogP contribution in [0, 0.1) is 0 Å². The summed E-state index contributed by atoms with van der Waals surface area (Å²) in [6, 6.07) is 7.84. The van der Waals surface area contributed by atoms with Crippen LogP contribution in [-0.4, -0.2) is 36.1 Å². The first kappa shape index (κ1) is 25.3. The number of halogens is 6. The zero-order valence-electron chi connectivity index (χ0n) is 17.8. The van der Waals surface area contributed by atoms with Gasteiger partial charge in [-0.1, -0.05) is 24.3 Å². The van der Waals surface area contributed by atoms with Crippen molar-refractivity contribution < 1.29 is 45.8 Å². The predicted octanol–water partition coefficient (Wildman–Crippen LogP) is 5.05. The van der Waals surface area contributed by atoms with E-state index in [-0.39, 0.29) is 31.0 Å². The largest absolute Gasteiger partial charge is 0.450 e. The summed E-state index contributed by atoms with van der Waals surface area (Å²) in [6.07, 6.45) is -12.1. The van der Waals surface area contributed by atoms with Crippen LogP contribution in [0.2, 0.25) is 0 Å². The van der Waals surface area contributed by atoms with Gasteiger partial charge < -0.3 is 14.7 Å². The van der Waals surface area contributed by atoms with Gasteiger partial charge in [-0.15, -0.1) is 0 Å². The fourth-order valence-electron chi connectivity index (χ4n) is 3.62. The average Bonchev–Trinajstić information content (AvgIpc) is 2.74. The van der Waals surface area contributed by atoms with Crippen molar-refractivity contribution in [2.24, 2.45) is 0 Å². The Morgan fingerprint density at radius 2 is 1.65 bits per heavy atom. The van der Waals surface area contributed by atoms with Gasteiger partial charge in [0.2, 0.25) is 5.91 Å². The summed E-state index contributed by atoms with van der Waals surface area (Å²) >= 11 is 0. The number of rotatable bonds is 5. The molecule has 1 heterocycles. The second kappa shape index (κ2) is 9.16. The summed E-state index contributed by atoms with van der Waals surface area (Å²) in [5.74, 6) is -0.287. The number of carbonyl (C=O) groups is 2. The number of aliphatic hydroxyl groups is 1. The lowest BCUT2D eigenvalue weighted by Gasteiger charge is -2.33. The molecule has 0 fully saturated rings. The number of amides is 2. The zero-order chi connectivity index (χ0) is 25.3. The van der Waals surface area contributed by atoms with E-state index in [1.54, 1.807) is 19.1 Å². The van der Waals surface area contributed by atoms with Gasteiger partial charge in [0.1, 0.15) is 0 Å². The summed E-state index contributed by atoms with van der Waals surface area (Å²) in [5, 5.41) is 12.1. The van der Waals surface area contributed by atoms with Gasteiger partial charge in [-0.2, -0.15) is 26.3 Å². The van der Waals surface area contributed by atoms with Crippen molar-refractivity contribution in [2.75, 3.05) is 16.8 Å². The predicted molar refractivity (Wildman–Crippen MR) is 109 cm³/mol. The first-order valence-electron chi connectivity index (χ1n) is 10.1. The van der Waals surface area contributed by atoms with Crippen LogP contribution in [0.1, 0.15) is 30.0 Å². The Hall–Kier alpha value is -3.28. The molecule has 2 amide bonds. The number of ether oxygens (including phenoxy) is 1. The number of alkyl halides is 6. The van der Waals surface area contributed by atoms with E-state index in [4.69, 9.17) is 4.74 Å². The zero-order valence-corrected chi connectivity index (χ0v) is 17.8. The lowest BCUT2D eigenvalue weighted by Crippen LogP contribution is -2.53. The van der Waals surface area contributed by atoms with Gasteiger partial charge in [-0.05, 0) is 42.7 Å². The molecule has 0 aliphatic carbocycles. The molecule has 6 nitrogen and oxygen atoms in total. The number of fused-ring (bicyclic) bond motifs is 1. The molecule has 0 saturated heterocycles. The number of hydrogen-bond donors (Lipinski definition) is 2. The van der Waals surface area contributed by atoms with Crippen molar-refractivity contribution in [1.29, 1.82) is 0 Å². The lowest BCUT2D eigenvalue weighted by molar-refractivity contribution is -0.376. The minimum atomic E-state index is -5.98. The molecule has 0 radical (unpaired) electrons. The van der Waals surface area contributed by atoms with Crippen molar-refractivity contribution in [3.63, 3.8) is 0 Å². The van der Waals surface area contributed by atoms with Crippen molar-refractivity contribution in [2.45, 2.75) is 44.3 Å². The molecule has 3 rings (SSSR count). The molecule has 2 aromatic carbocycles. The van der Waals surface area contributed by atoms with Crippen LogP contribution < -0.4 is 10.2 Å². The third kappa shape index (κ3) is 4.81. The number of anilines is 2. The van der Waals surface area contributed by atoms with E-state index in [9.17, 15) is 41.0 Å². The summed E-state index contributed by atoms with van der Waals surface area (Å²) in [7, 11) is 0. The maximum Gasteiger partial charge on any atom is 0.430 e. The molecule has 0 atom stereocenters. The monoisotopic (exact) mass is 490 g/mol. The molecule has 0 saturated carbocycles. The fourth-order valence-corrected chi connectivity index (χ4v) is 3.62. The summed E-state index contributed by atoms with van der Waals surface area (Å²) < 4.78 is 83.3. The molecule has 0 unspecified atom stereocenters. The van der Waals surface area contributed by atoms with Crippen LogP contribution in [0.4, 0.5) is 42.5 Å². The van der Waals surface area contributed by atoms with E-state index in [1.165, 1.54) is 11.0 Å². The standard InChI is InChI=1S/C22H20F6N2O4/c1-2-34-19(32)29-16-8-9-17-14(11-16)5-10-18(31)30(17)12-13-3-6-15(7-4-13)20(33,21(23,24)25)22(26,27)28/h3-4,6-9,11,33H,2,5,10,12H2,1H3,(H,29,32). The molecule has 2 aromatic rings. The summed E-state index contributed by atoms with van der Waals surface area (Å²) in [4.78, 5) is 25.4. The number of nitrogens with one attached hydrogen (secondary N) is 1. The Kier molecular flexibility index (Phi) is 6.83. The number of nitrogens with zero attached hydrogens (tertiary/aromatic N) is 1. The summed E-state index contributed by atoms with van der Waals surface area (Å²) in [6.45, 7) is 1.71. The Balaban J connectivity index is 1.85. The Labute approximate surface area is 190 Å². The number of hydrogen-bond acceptors (Lipinski definition) is 4. The molecule has 0 aromatic heterocycles. The number of benzene rings is 2. The Morgan fingerprint density at radius 3 is 2.21 bits per heavy atom. The lowest BCUT2D eigenvalue weighted by atomic mass is 9.91. The Morgan fingerprint density at radius 1 is 1.03 bits per heavy atom. The number of aryl methyl sites for hydroxylation is 1. The highest BCUT2D eigenvalue weighted by molar-refractivity contribution is 5.97. The first-order valence-corrected chi connectivity index (χ1v) is 10.1. The van der Waals surface area contributed by atoms with Gasteiger partial charge >= 0.3 is 18.4 Å². The second-order valence-electron chi connectivity index (χ2n) is 7.57. The fraction of sp³-hybridized carbons (Fsp3) is 0.364. The molecule has 0 spiro atoms. The van der Waals surface area contributed by atoms with E-state index in [0.29, 0.717) is 35.5 Å². The SMILES string of the molecule is CCOC(=O)Nc1ccc2c(c1)CCC(=O)N2Cc1ccc(C(O)(C(F)(F)F)C(F)(F)F)cc1. The molecule has 2 N–H and O–H groups in total. The first-order chi connectivity index (χ1) is 15.8. The molecular weight excluding hydrogens is 470 g/mol. The van der Waals surface area contributed by atoms with Crippen molar-refractivity contribution in [3.8, 4) is 0 Å². The molecule has 0 bridgehead atoms. The topological polar surface area (TPSA) is 78.9 Å². The van der Waals surface area contributed by atoms with Crippen LogP contribution >= 0.6 is 0 Å². The minimum Gasteiger partial charge on any atom is -0.450 e. The molecular formula is C22H20F6N2O4. The highest BCUT2D eigenvalue weighted by Gasteiger charge is 2.71. The minimum absolute atomic E-state index is 0.118. The van der Waals surface area contributed by atoms with Crippen LogP contribution in [0.25, 0.3) is 0 Å². The molecule has 184 valence electrons. The summed E-state index contributed by atoms with van der Waals surface area (Å²) in [5.41, 5.74) is -4.49. The van der Waals surface area contributed by atoms with Crippen molar-refractivity contribution >= 4 is 23.4 Å². The van der Waals surface area contributed by atoms with Gasteiger partial charge in [0, 0.05) is 23.4 Å². The van der Waals surface area contributed by atoms with Crippen LogP contribution in [-0.2, 0) is 28.1 Å². The molecule has 34 heavy (non-hydrogen) atoms. The van der Waals surface area contributed by atoms with E-state index >= 15 is 0 Å². The molecule has 1 aliphatic heterocycles. The van der Waals surface area contributed by atoms with E-state index in [1.807, 2.05) is 0 Å². The maximum atomic E-state index is 13.1. The average molecular weight is 490 g/mol. The van der Waals surface area contributed by atoms with E-state index in [2.05, 4.69) is 5.32 Å². The third-order valence-corrected chi connectivity index (χ3v) is 5.33. The highest BCUT2D eigenvalue weighted by Crippen LogP contribution is 2.50. The van der Waals surface area contributed by atoms with Gasteiger partial charge in [0.15, 0.2) is 0 Å². The maximum absolute atomic E-state index is 13.1.